The largest absolute Gasteiger partial charge is 0.366 e. The summed E-state index contributed by atoms with van der Waals surface area (Å²) in [6.07, 6.45) is 8.09. The molecule has 6 rings (SSSR count). The van der Waals surface area contributed by atoms with E-state index < -0.39 is 0 Å². The van der Waals surface area contributed by atoms with Gasteiger partial charge in [0.25, 0.3) is 0 Å². The third kappa shape index (κ3) is 4.37. The summed E-state index contributed by atoms with van der Waals surface area (Å²) >= 11 is 0. The molecule has 2 saturated heterocycles. The molecule has 3 aliphatic rings. The first-order chi connectivity index (χ1) is 17.4. The fourth-order valence-corrected chi connectivity index (χ4v) is 5.71. The summed E-state index contributed by atoms with van der Waals surface area (Å²) in [6.45, 7) is 13.1. The minimum atomic E-state index is -0.0999. The molecule has 8 nitrogen and oxygen atoms in total. The first-order valence-corrected chi connectivity index (χ1v) is 13.4. The lowest BCUT2D eigenvalue weighted by Crippen LogP contribution is -2.58. The second-order valence-corrected chi connectivity index (χ2v) is 11.1. The molecule has 1 atom stereocenters. The van der Waals surface area contributed by atoms with E-state index in [9.17, 15) is 4.79 Å². The standard InChI is InChI=1S/C28H37N7O/c1-20(2)34-11-10-30-28(3,19-34)23-6-7-24(29-17-23)22-16-26-25(8-9-31-35(26)18-22)32-12-14-33(15-13-32)27(36)21-4-5-21/h6-9,16-18,20-21,30H,4-5,10-15,19H2,1-3H3/t28-/m0/s1. The summed E-state index contributed by atoms with van der Waals surface area (Å²) in [5.41, 5.74) is 5.38. The first-order valence-electron chi connectivity index (χ1n) is 13.4. The van der Waals surface area contributed by atoms with E-state index in [4.69, 9.17) is 4.98 Å². The first kappa shape index (κ1) is 23.4. The maximum atomic E-state index is 12.4. The lowest BCUT2D eigenvalue weighted by Gasteiger charge is -2.43. The molecule has 1 amide bonds. The van der Waals surface area contributed by atoms with Crippen molar-refractivity contribution in [1.29, 1.82) is 0 Å². The molecule has 1 aliphatic carbocycles. The van der Waals surface area contributed by atoms with Crippen LogP contribution in [0.3, 0.4) is 0 Å². The average Bonchev–Trinajstić information content (AvgIpc) is 3.66. The van der Waals surface area contributed by atoms with Gasteiger partial charge < -0.3 is 15.1 Å². The van der Waals surface area contributed by atoms with Crippen molar-refractivity contribution in [2.75, 3.05) is 50.7 Å². The van der Waals surface area contributed by atoms with Crippen LogP contribution in [0, 0.1) is 5.92 Å². The van der Waals surface area contributed by atoms with Gasteiger partial charge in [0.2, 0.25) is 5.91 Å². The van der Waals surface area contributed by atoms with E-state index in [2.05, 4.69) is 71.4 Å². The Labute approximate surface area is 213 Å². The molecule has 0 unspecified atom stereocenters. The zero-order valence-electron chi connectivity index (χ0n) is 21.7. The fourth-order valence-electron chi connectivity index (χ4n) is 5.71. The summed E-state index contributed by atoms with van der Waals surface area (Å²) in [5.74, 6) is 0.644. The normalized spacial score (nSPS) is 23.6. The summed E-state index contributed by atoms with van der Waals surface area (Å²) in [5, 5.41) is 8.28. The van der Waals surface area contributed by atoms with Crippen molar-refractivity contribution in [3.05, 3.63) is 48.4 Å². The number of nitrogens with zero attached hydrogens (tertiary/aromatic N) is 6. The Bertz CT molecular complexity index is 1240. The number of anilines is 1. The minimum Gasteiger partial charge on any atom is -0.366 e. The Kier molecular flexibility index (Phi) is 5.96. The van der Waals surface area contributed by atoms with Crippen LogP contribution < -0.4 is 10.2 Å². The van der Waals surface area contributed by atoms with E-state index >= 15 is 0 Å². The molecule has 1 N–H and O–H groups in total. The van der Waals surface area contributed by atoms with Crippen LogP contribution in [0.25, 0.3) is 16.8 Å². The van der Waals surface area contributed by atoms with Gasteiger partial charge in [-0.2, -0.15) is 5.10 Å². The van der Waals surface area contributed by atoms with Crippen LogP contribution in [0.1, 0.15) is 39.2 Å². The van der Waals surface area contributed by atoms with E-state index in [0.717, 1.165) is 75.4 Å². The third-order valence-corrected chi connectivity index (χ3v) is 8.21. The van der Waals surface area contributed by atoms with Crippen LogP contribution >= 0.6 is 0 Å². The molecule has 0 radical (unpaired) electrons. The number of nitrogens with one attached hydrogen (secondary N) is 1. The third-order valence-electron chi connectivity index (χ3n) is 8.21. The van der Waals surface area contributed by atoms with E-state index in [0.29, 0.717) is 17.9 Å². The molecule has 5 heterocycles. The van der Waals surface area contributed by atoms with E-state index in [1.165, 1.54) is 11.3 Å². The summed E-state index contributed by atoms with van der Waals surface area (Å²) in [4.78, 5) is 24.3. The molecule has 2 aliphatic heterocycles. The molecular weight excluding hydrogens is 450 g/mol. The van der Waals surface area contributed by atoms with Gasteiger partial charge in [0.1, 0.15) is 0 Å². The van der Waals surface area contributed by atoms with Gasteiger partial charge >= 0.3 is 0 Å². The van der Waals surface area contributed by atoms with Gasteiger partial charge in [0.05, 0.1) is 22.4 Å². The second kappa shape index (κ2) is 9.16. The van der Waals surface area contributed by atoms with Crippen molar-refractivity contribution in [3.63, 3.8) is 0 Å². The number of piperazine rings is 2. The van der Waals surface area contributed by atoms with Crippen molar-refractivity contribution >= 4 is 17.1 Å². The van der Waals surface area contributed by atoms with Gasteiger partial charge in [0, 0.05) is 81.9 Å². The summed E-state index contributed by atoms with van der Waals surface area (Å²) < 4.78 is 1.95. The molecule has 3 aromatic heterocycles. The smallest absolute Gasteiger partial charge is 0.225 e. The quantitative estimate of drug-likeness (QED) is 0.597. The van der Waals surface area contributed by atoms with E-state index in [1.54, 1.807) is 0 Å². The average molecular weight is 488 g/mol. The van der Waals surface area contributed by atoms with Crippen LogP contribution in [0.5, 0.6) is 0 Å². The molecule has 0 aromatic carbocycles. The molecule has 3 fully saturated rings. The monoisotopic (exact) mass is 487 g/mol. The van der Waals surface area contributed by atoms with Crippen molar-refractivity contribution in [3.8, 4) is 11.3 Å². The highest BCUT2D eigenvalue weighted by atomic mass is 16.2. The van der Waals surface area contributed by atoms with Crippen LogP contribution in [-0.4, -0.2) is 82.2 Å². The molecule has 0 spiro atoms. The van der Waals surface area contributed by atoms with Crippen LogP contribution in [-0.2, 0) is 10.3 Å². The number of pyridine rings is 1. The Morgan fingerprint density at radius 3 is 2.61 bits per heavy atom. The van der Waals surface area contributed by atoms with Crippen LogP contribution in [0.2, 0.25) is 0 Å². The summed E-state index contributed by atoms with van der Waals surface area (Å²) in [7, 11) is 0. The Morgan fingerprint density at radius 1 is 1.11 bits per heavy atom. The Hall–Kier alpha value is -2.97. The second-order valence-electron chi connectivity index (χ2n) is 11.1. The molecule has 1 saturated carbocycles. The van der Waals surface area contributed by atoms with Gasteiger partial charge in [-0.15, -0.1) is 0 Å². The van der Waals surface area contributed by atoms with Gasteiger partial charge in [-0.3, -0.25) is 14.7 Å². The maximum absolute atomic E-state index is 12.4. The van der Waals surface area contributed by atoms with Crippen LogP contribution in [0.4, 0.5) is 5.69 Å². The number of carbonyl (C=O) groups is 1. The molecule has 8 heteroatoms. The topological polar surface area (TPSA) is 69.0 Å². The van der Waals surface area contributed by atoms with Gasteiger partial charge in [-0.1, -0.05) is 6.07 Å². The predicted molar refractivity (Wildman–Crippen MR) is 142 cm³/mol. The number of hydrogen-bond donors (Lipinski definition) is 1. The maximum Gasteiger partial charge on any atom is 0.225 e. The molecule has 36 heavy (non-hydrogen) atoms. The Morgan fingerprint density at radius 2 is 1.92 bits per heavy atom. The highest BCUT2D eigenvalue weighted by Crippen LogP contribution is 2.33. The van der Waals surface area contributed by atoms with Crippen LogP contribution in [0.15, 0.2) is 42.9 Å². The van der Waals surface area contributed by atoms with Gasteiger partial charge in [-0.05, 0) is 57.4 Å². The molecule has 3 aromatic rings. The SMILES string of the molecule is CC(C)N1CCN[C@](C)(c2ccc(-c3cc4c(N5CCN(C(=O)C6CC6)CC5)ccnn4c3)nc2)C1. The van der Waals surface area contributed by atoms with E-state index in [-0.39, 0.29) is 5.54 Å². The predicted octanol–water partition coefficient (Wildman–Crippen LogP) is 2.98. The Balaban J connectivity index is 1.20. The van der Waals surface area contributed by atoms with E-state index in [1.807, 2.05) is 21.8 Å². The summed E-state index contributed by atoms with van der Waals surface area (Å²) in [6, 6.07) is 9.16. The zero-order valence-corrected chi connectivity index (χ0v) is 21.7. The van der Waals surface area contributed by atoms with Crippen molar-refractivity contribution in [2.45, 2.75) is 45.2 Å². The lowest BCUT2D eigenvalue weighted by molar-refractivity contribution is -0.132. The molecule has 0 bridgehead atoms. The van der Waals surface area contributed by atoms with Crippen molar-refractivity contribution < 1.29 is 4.79 Å². The fraction of sp³-hybridized carbons (Fsp3) is 0.536. The van der Waals surface area contributed by atoms with Gasteiger partial charge in [-0.25, -0.2) is 4.52 Å². The lowest BCUT2D eigenvalue weighted by atomic mass is 9.90. The molecular formula is C28H37N7O. The van der Waals surface area contributed by atoms with Crippen molar-refractivity contribution in [1.82, 2.24) is 29.7 Å². The van der Waals surface area contributed by atoms with Crippen molar-refractivity contribution in [2.24, 2.45) is 5.92 Å². The highest BCUT2D eigenvalue weighted by molar-refractivity contribution is 5.82. The highest BCUT2D eigenvalue weighted by Gasteiger charge is 2.35. The number of rotatable bonds is 5. The zero-order chi connectivity index (χ0) is 24.9. The van der Waals surface area contributed by atoms with Gasteiger partial charge in [0.15, 0.2) is 0 Å². The number of aromatic nitrogens is 3. The number of amides is 1. The number of fused-ring (bicyclic) bond motifs is 1. The minimum absolute atomic E-state index is 0.0999. The number of hydrogen-bond acceptors (Lipinski definition) is 6. The molecule has 190 valence electrons. The number of carbonyl (C=O) groups excluding carboxylic acids is 1.